The van der Waals surface area contributed by atoms with Crippen LogP contribution in [0, 0.1) is 0 Å². The van der Waals surface area contributed by atoms with Crippen molar-refractivity contribution < 1.29 is 9.53 Å². The summed E-state index contributed by atoms with van der Waals surface area (Å²) in [6.45, 7) is 0.00421. The Bertz CT molecular complexity index is 580. The van der Waals surface area contributed by atoms with Gasteiger partial charge in [-0.3, -0.25) is 4.79 Å². The number of halogens is 2. The van der Waals surface area contributed by atoms with Crippen LogP contribution in [0.5, 0.6) is 5.75 Å². The van der Waals surface area contributed by atoms with E-state index in [1.165, 1.54) is 0 Å². The maximum atomic E-state index is 11.8. The molecule has 0 spiro atoms. The van der Waals surface area contributed by atoms with Crippen LogP contribution in [0.3, 0.4) is 0 Å². The van der Waals surface area contributed by atoms with Crippen molar-refractivity contribution in [1.29, 1.82) is 0 Å². The fraction of sp³-hybridized carbons (Fsp3) is 0.154. The zero-order valence-electron chi connectivity index (χ0n) is 9.69. The van der Waals surface area contributed by atoms with Crippen molar-refractivity contribution in [2.75, 3.05) is 6.61 Å². The van der Waals surface area contributed by atoms with Crippen molar-refractivity contribution in [3.8, 4) is 5.75 Å². The molecule has 1 aromatic heterocycles. The number of hydrogen-bond acceptors (Lipinski definition) is 2. The zero-order chi connectivity index (χ0) is 13.1. The van der Waals surface area contributed by atoms with E-state index in [4.69, 9.17) is 16.3 Å². The first-order chi connectivity index (χ1) is 8.56. The van der Waals surface area contributed by atoms with Crippen molar-refractivity contribution in [2.45, 2.75) is 0 Å². The number of ether oxygens (including phenoxy) is 1. The average Bonchev–Trinajstić information content (AvgIpc) is 2.74. The number of hydrogen-bond donors (Lipinski definition) is 0. The Balaban J connectivity index is 2.01. The maximum Gasteiger partial charge on any atom is 0.201 e. The van der Waals surface area contributed by atoms with Crippen LogP contribution >= 0.6 is 27.5 Å². The number of Topliss-reactive ketones (excluding diaryl/α,β-unsaturated/α-hetero) is 1. The predicted molar refractivity (Wildman–Crippen MR) is 74.4 cm³/mol. The van der Waals surface area contributed by atoms with Crippen LogP contribution < -0.4 is 4.74 Å². The number of rotatable bonds is 4. The summed E-state index contributed by atoms with van der Waals surface area (Å²) in [5.41, 5.74) is 0.641. The first kappa shape index (κ1) is 13.2. The smallest absolute Gasteiger partial charge is 0.201 e. The van der Waals surface area contributed by atoms with E-state index in [9.17, 15) is 4.79 Å². The van der Waals surface area contributed by atoms with E-state index >= 15 is 0 Å². The molecule has 1 heterocycles. The van der Waals surface area contributed by atoms with Crippen molar-refractivity contribution in [1.82, 2.24) is 4.57 Å². The van der Waals surface area contributed by atoms with Crippen LogP contribution in [0.1, 0.15) is 10.4 Å². The molecular formula is C13H11BrClNO2. The number of carbonyl (C=O) groups excluding carboxylic acids is 1. The van der Waals surface area contributed by atoms with Crippen molar-refractivity contribution in [3.05, 3.63) is 51.7 Å². The Morgan fingerprint density at radius 2 is 2.22 bits per heavy atom. The maximum absolute atomic E-state index is 11.8. The molecule has 0 unspecified atom stereocenters. The second-order valence-electron chi connectivity index (χ2n) is 3.85. The Labute approximate surface area is 118 Å². The molecule has 0 aliphatic rings. The van der Waals surface area contributed by atoms with Crippen LogP contribution in [0.15, 0.2) is 41.1 Å². The summed E-state index contributed by atoms with van der Waals surface area (Å²) in [4.78, 5) is 11.8. The Morgan fingerprint density at radius 3 is 2.83 bits per heavy atom. The largest absolute Gasteiger partial charge is 0.484 e. The minimum absolute atomic E-state index is 0.00421. The Morgan fingerprint density at radius 1 is 1.44 bits per heavy atom. The highest BCUT2D eigenvalue weighted by molar-refractivity contribution is 9.10. The van der Waals surface area contributed by atoms with Gasteiger partial charge in [0.1, 0.15) is 5.75 Å². The molecular weight excluding hydrogens is 318 g/mol. The lowest BCUT2D eigenvalue weighted by Gasteiger charge is -2.07. The van der Waals surface area contributed by atoms with E-state index in [1.54, 1.807) is 30.5 Å². The van der Waals surface area contributed by atoms with Gasteiger partial charge in [0, 0.05) is 30.0 Å². The highest BCUT2D eigenvalue weighted by atomic mass is 79.9. The lowest BCUT2D eigenvalue weighted by atomic mass is 10.2. The molecule has 94 valence electrons. The first-order valence-corrected chi connectivity index (χ1v) is 6.46. The summed E-state index contributed by atoms with van der Waals surface area (Å²) < 4.78 is 8.01. The SMILES string of the molecule is Cn1ccc(C(=O)COc2ccc(Cl)cc2Br)c1. The Hall–Kier alpha value is -1.26. The minimum Gasteiger partial charge on any atom is -0.484 e. The van der Waals surface area contributed by atoms with Crippen LogP contribution in [-0.2, 0) is 7.05 Å². The van der Waals surface area contributed by atoms with Crippen LogP contribution in [0.25, 0.3) is 0 Å². The molecule has 2 aromatic rings. The molecule has 0 aliphatic carbocycles. The Kier molecular flexibility index (Phi) is 4.09. The van der Waals surface area contributed by atoms with Gasteiger partial charge in [-0.25, -0.2) is 0 Å². The van der Waals surface area contributed by atoms with Gasteiger partial charge in [0.2, 0.25) is 5.78 Å². The van der Waals surface area contributed by atoms with E-state index < -0.39 is 0 Å². The van der Waals surface area contributed by atoms with Gasteiger partial charge >= 0.3 is 0 Å². The molecule has 0 aliphatic heterocycles. The van der Waals surface area contributed by atoms with Gasteiger partial charge in [0.25, 0.3) is 0 Å². The van der Waals surface area contributed by atoms with E-state index in [-0.39, 0.29) is 12.4 Å². The van der Waals surface area contributed by atoms with E-state index in [2.05, 4.69) is 15.9 Å². The second kappa shape index (κ2) is 5.59. The van der Waals surface area contributed by atoms with Crippen LogP contribution in [0.4, 0.5) is 0 Å². The number of carbonyl (C=O) groups is 1. The number of aromatic nitrogens is 1. The van der Waals surface area contributed by atoms with Crippen LogP contribution in [-0.4, -0.2) is 17.0 Å². The standard InChI is InChI=1S/C13H11BrClNO2/c1-16-5-4-9(7-16)12(17)8-18-13-3-2-10(15)6-11(13)14/h2-7H,8H2,1H3. The number of nitrogens with zero attached hydrogens (tertiary/aromatic N) is 1. The monoisotopic (exact) mass is 327 g/mol. The molecule has 18 heavy (non-hydrogen) atoms. The number of benzene rings is 1. The van der Waals surface area contributed by atoms with Crippen molar-refractivity contribution >= 4 is 33.3 Å². The first-order valence-electron chi connectivity index (χ1n) is 5.29. The summed E-state index contributed by atoms with van der Waals surface area (Å²) >= 11 is 9.16. The lowest BCUT2D eigenvalue weighted by Crippen LogP contribution is -2.11. The third-order valence-electron chi connectivity index (χ3n) is 2.41. The van der Waals surface area contributed by atoms with E-state index in [0.29, 0.717) is 16.3 Å². The zero-order valence-corrected chi connectivity index (χ0v) is 12.0. The van der Waals surface area contributed by atoms with Gasteiger partial charge in [-0.2, -0.15) is 0 Å². The third kappa shape index (κ3) is 3.15. The lowest BCUT2D eigenvalue weighted by molar-refractivity contribution is 0.0921. The second-order valence-corrected chi connectivity index (χ2v) is 5.14. The fourth-order valence-electron chi connectivity index (χ4n) is 1.49. The number of aryl methyl sites for hydroxylation is 1. The summed E-state index contributed by atoms with van der Waals surface area (Å²) in [5, 5.41) is 0.614. The molecule has 0 bridgehead atoms. The quantitative estimate of drug-likeness (QED) is 0.801. The minimum atomic E-state index is -0.0579. The third-order valence-corrected chi connectivity index (χ3v) is 3.26. The van der Waals surface area contributed by atoms with Crippen molar-refractivity contribution in [3.63, 3.8) is 0 Å². The van der Waals surface area contributed by atoms with E-state index in [1.807, 2.05) is 17.8 Å². The molecule has 0 amide bonds. The van der Waals surface area contributed by atoms with Gasteiger partial charge in [0.05, 0.1) is 4.47 Å². The van der Waals surface area contributed by atoms with Crippen molar-refractivity contribution in [2.24, 2.45) is 7.05 Å². The van der Waals surface area contributed by atoms with Gasteiger partial charge in [0.15, 0.2) is 6.61 Å². The average molecular weight is 329 g/mol. The van der Waals surface area contributed by atoms with Crippen LogP contribution in [0.2, 0.25) is 5.02 Å². The molecule has 0 saturated heterocycles. The molecule has 0 fully saturated rings. The summed E-state index contributed by atoms with van der Waals surface area (Å²) in [6, 6.07) is 6.94. The highest BCUT2D eigenvalue weighted by Gasteiger charge is 2.09. The molecule has 5 heteroatoms. The molecule has 1 aromatic carbocycles. The highest BCUT2D eigenvalue weighted by Crippen LogP contribution is 2.28. The molecule has 0 atom stereocenters. The normalized spacial score (nSPS) is 10.4. The van der Waals surface area contributed by atoms with E-state index in [0.717, 1.165) is 4.47 Å². The molecule has 0 radical (unpaired) electrons. The molecule has 2 rings (SSSR count). The van der Waals surface area contributed by atoms with Gasteiger partial charge in [-0.05, 0) is 40.2 Å². The predicted octanol–water partition coefficient (Wildman–Crippen LogP) is 3.70. The van der Waals surface area contributed by atoms with Gasteiger partial charge in [-0.15, -0.1) is 0 Å². The molecule has 0 saturated carbocycles. The topological polar surface area (TPSA) is 31.2 Å². The summed E-state index contributed by atoms with van der Waals surface area (Å²) in [7, 11) is 1.87. The fourth-order valence-corrected chi connectivity index (χ4v) is 2.28. The molecule has 3 nitrogen and oxygen atoms in total. The summed E-state index contributed by atoms with van der Waals surface area (Å²) in [5.74, 6) is 0.543. The molecule has 0 N–H and O–H groups in total. The van der Waals surface area contributed by atoms with Gasteiger partial charge < -0.3 is 9.30 Å². The number of ketones is 1. The van der Waals surface area contributed by atoms with Gasteiger partial charge in [-0.1, -0.05) is 11.6 Å². The summed E-state index contributed by atoms with van der Waals surface area (Å²) in [6.07, 6.45) is 3.59.